The van der Waals surface area contributed by atoms with E-state index in [1.165, 1.54) is 5.56 Å². The highest BCUT2D eigenvalue weighted by Crippen LogP contribution is 2.23. The number of nitrogens with zero attached hydrogens (tertiary/aromatic N) is 1. The van der Waals surface area contributed by atoms with E-state index >= 15 is 0 Å². The summed E-state index contributed by atoms with van der Waals surface area (Å²) in [6.45, 7) is 2.10. The summed E-state index contributed by atoms with van der Waals surface area (Å²) in [6.07, 6.45) is 4.54. The molecule has 3 rings (SSSR count). The molecule has 1 amide bonds. The van der Waals surface area contributed by atoms with Crippen molar-refractivity contribution in [2.45, 2.75) is 19.8 Å². The van der Waals surface area contributed by atoms with E-state index in [9.17, 15) is 4.79 Å². The van der Waals surface area contributed by atoms with Gasteiger partial charge >= 0.3 is 0 Å². The van der Waals surface area contributed by atoms with Crippen LogP contribution in [0.5, 0.6) is 0 Å². The molecule has 0 bridgehead atoms. The maximum Gasteiger partial charge on any atom is 0.230 e. The molecule has 0 spiro atoms. The number of fused-ring (bicyclic) bond motifs is 1. The number of hydrogen-bond donors (Lipinski definition) is 1. The molecule has 1 aromatic carbocycles. The van der Waals surface area contributed by atoms with Gasteiger partial charge in [-0.2, -0.15) is 0 Å². The van der Waals surface area contributed by atoms with Crippen molar-refractivity contribution >= 4 is 22.7 Å². The number of hydrogen-bond acceptors (Lipinski definition) is 3. The van der Waals surface area contributed by atoms with Gasteiger partial charge in [-0.15, -0.1) is 0 Å². The molecule has 2 heterocycles. The lowest BCUT2D eigenvalue weighted by molar-refractivity contribution is -0.115. The number of pyridine rings is 1. The predicted molar refractivity (Wildman–Crippen MR) is 82.2 cm³/mol. The van der Waals surface area contributed by atoms with Gasteiger partial charge in [0.05, 0.1) is 12.7 Å². The van der Waals surface area contributed by atoms with E-state index in [0.717, 1.165) is 23.0 Å². The third kappa shape index (κ3) is 2.94. The minimum atomic E-state index is -0.101. The number of furan rings is 1. The third-order valence-corrected chi connectivity index (χ3v) is 3.41. The summed E-state index contributed by atoms with van der Waals surface area (Å²) in [6, 6.07) is 11.5. The van der Waals surface area contributed by atoms with Crippen LogP contribution in [0.1, 0.15) is 18.1 Å². The minimum absolute atomic E-state index is 0.101. The average molecular weight is 280 g/mol. The number of benzene rings is 1. The van der Waals surface area contributed by atoms with Gasteiger partial charge in [-0.05, 0) is 30.2 Å². The summed E-state index contributed by atoms with van der Waals surface area (Å²) < 4.78 is 5.55. The van der Waals surface area contributed by atoms with Gasteiger partial charge in [-0.3, -0.25) is 4.79 Å². The van der Waals surface area contributed by atoms with Crippen LogP contribution >= 0.6 is 0 Å². The lowest BCUT2D eigenvalue weighted by Crippen LogP contribution is -2.14. The predicted octanol–water partition coefficient (Wildman–Crippen LogP) is 3.57. The fourth-order valence-electron chi connectivity index (χ4n) is 2.28. The summed E-state index contributed by atoms with van der Waals surface area (Å²) in [7, 11) is 0. The first-order valence-corrected chi connectivity index (χ1v) is 6.96. The maximum atomic E-state index is 12.1. The van der Waals surface area contributed by atoms with Gasteiger partial charge in [0, 0.05) is 17.1 Å². The zero-order chi connectivity index (χ0) is 14.7. The first-order valence-electron chi connectivity index (χ1n) is 6.96. The van der Waals surface area contributed by atoms with Crippen LogP contribution < -0.4 is 5.32 Å². The molecule has 0 saturated heterocycles. The van der Waals surface area contributed by atoms with Crippen molar-refractivity contribution in [2.75, 3.05) is 5.32 Å². The van der Waals surface area contributed by atoms with E-state index in [0.29, 0.717) is 5.82 Å². The van der Waals surface area contributed by atoms with Crippen LogP contribution in [0.25, 0.3) is 11.0 Å². The van der Waals surface area contributed by atoms with Crippen molar-refractivity contribution in [1.82, 2.24) is 4.98 Å². The standard InChI is InChI=1S/C17H16N2O2/c1-2-12-6-7-14-13(11-21-15(14)9-12)10-17(20)19-16-5-3-4-8-18-16/h3-9,11H,2,10H2,1H3,(H,18,19,20). The molecule has 0 aliphatic carbocycles. The molecule has 1 N–H and O–H groups in total. The highest BCUT2D eigenvalue weighted by Gasteiger charge is 2.11. The number of carbonyl (C=O) groups excluding carboxylic acids is 1. The van der Waals surface area contributed by atoms with Crippen LogP contribution in [-0.4, -0.2) is 10.9 Å². The quantitative estimate of drug-likeness (QED) is 0.794. The Morgan fingerprint density at radius 3 is 2.95 bits per heavy atom. The van der Waals surface area contributed by atoms with Crippen LogP contribution in [0.4, 0.5) is 5.82 Å². The van der Waals surface area contributed by atoms with Gasteiger partial charge in [-0.25, -0.2) is 4.98 Å². The molecular formula is C17H16N2O2. The summed E-state index contributed by atoms with van der Waals surface area (Å²) in [4.78, 5) is 16.1. The van der Waals surface area contributed by atoms with Gasteiger partial charge in [0.25, 0.3) is 0 Å². The molecule has 0 radical (unpaired) electrons. The largest absolute Gasteiger partial charge is 0.464 e. The molecule has 4 heteroatoms. The van der Waals surface area contributed by atoms with Gasteiger partial charge < -0.3 is 9.73 Å². The van der Waals surface area contributed by atoms with Crippen molar-refractivity contribution < 1.29 is 9.21 Å². The summed E-state index contributed by atoms with van der Waals surface area (Å²) in [5, 5.41) is 3.76. The van der Waals surface area contributed by atoms with Crippen LogP contribution in [0.3, 0.4) is 0 Å². The zero-order valence-corrected chi connectivity index (χ0v) is 11.8. The second kappa shape index (κ2) is 5.79. The normalized spacial score (nSPS) is 10.7. The molecule has 0 unspecified atom stereocenters. The number of aryl methyl sites for hydroxylation is 1. The van der Waals surface area contributed by atoms with E-state index in [-0.39, 0.29) is 12.3 Å². The molecule has 3 aromatic rings. The Hall–Kier alpha value is -2.62. The molecule has 21 heavy (non-hydrogen) atoms. The number of aromatic nitrogens is 1. The van der Waals surface area contributed by atoms with Crippen molar-refractivity contribution in [3.05, 3.63) is 60.0 Å². The fraction of sp³-hybridized carbons (Fsp3) is 0.176. The number of carbonyl (C=O) groups is 1. The summed E-state index contributed by atoms with van der Waals surface area (Å²) in [5.74, 6) is 0.458. The lowest BCUT2D eigenvalue weighted by Gasteiger charge is -2.03. The third-order valence-electron chi connectivity index (χ3n) is 3.41. The van der Waals surface area contributed by atoms with Crippen LogP contribution in [0, 0.1) is 0 Å². The van der Waals surface area contributed by atoms with E-state index in [1.54, 1.807) is 18.5 Å². The molecule has 0 aliphatic heterocycles. The number of rotatable bonds is 4. The molecule has 0 aliphatic rings. The zero-order valence-electron chi connectivity index (χ0n) is 11.8. The fourth-order valence-corrected chi connectivity index (χ4v) is 2.28. The smallest absolute Gasteiger partial charge is 0.230 e. The Morgan fingerprint density at radius 1 is 1.29 bits per heavy atom. The Balaban J connectivity index is 1.77. The van der Waals surface area contributed by atoms with Gasteiger partial charge in [0.15, 0.2) is 0 Å². The van der Waals surface area contributed by atoms with Crippen LogP contribution in [0.2, 0.25) is 0 Å². The van der Waals surface area contributed by atoms with E-state index in [4.69, 9.17) is 4.42 Å². The maximum absolute atomic E-state index is 12.1. The monoisotopic (exact) mass is 280 g/mol. The SMILES string of the molecule is CCc1ccc2c(CC(=O)Nc3ccccn3)coc2c1. The first-order chi connectivity index (χ1) is 10.3. The molecule has 106 valence electrons. The Morgan fingerprint density at radius 2 is 2.19 bits per heavy atom. The molecule has 4 nitrogen and oxygen atoms in total. The molecule has 0 saturated carbocycles. The highest BCUT2D eigenvalue weighted by molar-refractivity contribution is 5.94. The van der Waals surface area contributed by atoms with Crippen molar-refractivity contribution in [3.63, 3.8) is 0 Å². The van der Waals surface area contributed by atoms with Crippen LogP contribution in [0.15, 0.2) is 53.3 Å². The van der Waals surface area contributed by atoms with Crippen molar-refractivity contribution in [3.8, 4) is 0 Å². The van der Waals surface area contributed by atoms with E-state index in [1.807, 2.05) is 24.3 Å². The number of anilines is 1. The van der Waals surface area contributed by atoms with Gasteiger partial charge in [-0.1, -0.05) is 25.1 Å². The second-order valence-electron chi connectivity index (χ2n) is 4.88. The van der Waals surface area contributed by atoms with E-state index < -0.39 is 0 Å². The minimum Gasteiger partial charge on any atom is -0.464 e. The molecular weight excluding hydrogens is 264 g/mol. The topological polar surface area (TPSA) is 55.1 Å². The number of amides is 1. The van der Waals surface area contributed by atoms with E-state index in [2.05, 4.69) is 23.3 Å². The van der Waals surface area contributed by atoms with Crippen LogP contribution in [-0.2, 0) is 17.6 Å². The Labute approximate surface area is 122 Å². The highest BCUT2D eigenvalue weighted by atomic mass is 16.3. The van der Waals surface area contributed by atoms with Crippen molar-refractivity contribution in [2.24, 2.45) is 0 Å². The number of nitrogens with one attached hydrogen (secondary N) is 1. The molecule has 0 atom stereocenters. The van der Waals surface area contributed by atoms with Gasteiger partial charge in [0.1, 0.15) is 11.4 Å². The summed E-state index contributed by atoms with van der Waals surface area (Å²) in [5.41, 5.74) is 2.94. The Kier molecular flexibility index (Phi) is 3.69. The molecule has 0 fully saturated rings. The summed E-state index contributed by atoms with van der Waals surface area (Å²) >= 11 is 0. The average Bonchev–Trinajstić information content (AvgIpc) is 2.90. The Bertz CT molecular complexity index is 763. The molecule has 2 aromatic heterocycles. The first kappa shape index (κ1) is 13.4. The second-order valence-corrected chi connectivity index (χ2v) is 4.88. The lowest BCUT2D eigenvalue weighted by atomic mass is 10.1. The van der Waals surface area contributed by atoms with Gasteiger partial charge in [0.2, 0.25) is 5.91 Å². The van der Waals surface area contributed by atoms with Crippen molar-refractivity contribution in [1.29, 1.82) is 0 Å².